The summed E-state index contributed by atoms with van der Waals surface area (Å²) in [4.78, 5) is 16.7. The van der Waals surface area contributed by atoms with Crippen LogP contribution in [0.15, 0.2) is 31.0 Å². The van der Waals surface area contributed by atoms with Crippen LogP contribution in [0.1, 0.15) is 35.5 Å². The molecule has 2 heterocycles. The third-order valence-electron chi connectivity index (χ3n) is 3.88. The van der Waals surface area contributed by atoms with E-state index in [4.69, 9.17) is 4.74 Å². The highest BCUT2D eigenvalue weighted by atomic mass is 19.1. The first-order valence-corrected chi connectivity index (χ1v) is 8.01. The van der Waals surface area contributed by atoms with Gasteiger partial charge in [0.05, 0.1) is 29.8 Å². The molecule has 7 heteroatoms. The van der Waals surface area contributed by atoms with Gasteiger partial charge in [0.25, 0.3) is 0 Å². The van der Waals surface area contributed by atoms with Crippen molar-refractivity contribution < 1.29 is 18.3 Å². The van der Waals surface area contributed by atoms with E-state index in [1.165, 1.54) is 22.8 Å². The third-order valence-corrected chi connectivity index (χ3v) is 3.88. The van der Waals surface area contributed by atoms with Gasteiger partial charge >= 0.3 is 5.97 Å². The van der Waals surface area contributed by atoms with Crippen LogP contribution in [0.2, 0.25) is 0 Å². The highest BCUT2D eigenvalue weighted by molar-refractivity contribution is 5.98. The Kier molecular flexibility index (Phi) is 4.54. The van der Waals surface area contributed by atoms with Crippen molar-refractivity contribution >= 4 is 17.2 Å². The molecule has 0 atom stereocenters. The molecule has 26 heavy (non-hydrogen) atoms. The minimum Gasteiger partial charge on any atom is -0.462 e. The first-order valence-electron chi connectivity index (χ1n) is 8.01. The van der Waals surface area contributed by atoms with Crippen LogP contribution in [-0.4, -0.2) is 27.2 Å². The number of rotatable bonds is 4. The van der Waals surface area contributed by atoms with E-state index >= 15 is 0 Å². The molecule has 1 aromatic carbocycles. The number of allylic oxidation sites excluding steroid dienone is 1. The topological polar surface area (TPSA) is 56.5 Å². The number of esters is 1. The Hall–Kier alpha value is -3.09. The molecule has 0 radical (unpaired) electrons. The zero-order valence-corrected chi connectivity index (χ0v) is 14.6. The van der Waals surface area contributed by atoms with Gasteiger partial charge < -0.3 is 4.74 Å². The van der Waals surface area contributed by atoms with E-state index in [2.05, 4.69) is 16.7 Å². The second-order valence-electron chi connectivity index (χ2n) is 5.87. The molecule has 0 fully saturated rings. The number of carbonyl (C=O) groups is 1. The number of imidazole rings is 1. The van der Waals surface area contributed by atoms with E-state index in [9.17, 15) is 13.6 Å². The summed E-state index contributed by atoms with van der Waals surface area (Å²) in [5.74, 6) is -1.92. The van der Waals surface area contributed by atoms with E-state index in [1.54, 1.807) is 20.8 Å². The maximum atomic E-state index is 13.6. The lowest BCUT2D eigenvalue weighted by Gasteiger charge is -2.10. The zero-order valence-electron chi connectivity index (χ0n) is 14.6. The average Bonchev–Trinajstić information content (AvgIpc) is 2.88. The minimum absolute atomic E-state index is 0.223. The van der Waals surface area contributed by atoms with Gasteiger partial charge in [0.1, 0.15) is 11.6 Å². The molecule has 5 nitrogen and oxygen atoms in total. The summed E-state index contributed by atoms with van der Waals surface area (Å²) in [7, 11) is 0. The molecule has 0 N–H and O–H groups in total. The Morgan fingerprint density at radius 3 is 2.50 bits per heavy atom. The van der Waals surface area contributed by atoms with Crippen molar-refractivity contribution in [2.24, 2.45) is 0 Å². The van der Waals surface area contributed by atoms with Crippen LogP contribution in [-0.2, 0) is 4.74 Å². The lowest BCUT2D eigenvalue weighted by atomic mass is 10.1. The number of ether oxygens (including phenoxy) is 1. The molecule has 0 saturated carbocycles. The van der Waals surface area contributed by atoms with E-state index < -0.39 is 17.6 Å². The molecule has 0 aliphatic rings. The maximum Gasteiger partial charge on any atom is 0.340 e. The molecule has 3 aromatic rings. The summed E-state index contributed by atoms with van der Waals surface area (Å²) in [6.45, 7) is 9.29. The van der Waals surface area contributed by atoms with Crippen molar-refractivity contribution in [3.8, 4) is 11.3 Å². The monoisotopic (exact) mass is 357 g/mol. The summed E-state index contributed by atoms with van der Waals surface area (Å²) >= 11 is 0. The molecule has 3 rings (SSSR count). The van der Waals surface area contributed by atoms with Crippen molar-refractivity contribution in [2.75, 3.05) is 6.61 Å². The number of hydrogen-bond donors (Lipinski definition) is 0. The smallest absolute Gasteiger partial charge is 0.340 e. The van der Waals surface area contributed by atoms with Gasteiger partial charge in [-0.3, -0.25) is 0 Å². The van der Waals surface area contributed by atoms with Crippen LogP contribution in [0.5, 0.6) is 0 Å². The first-order chi connectivity index (χ1) is 12.3. The van der Waals surface area contributed by atoms with Crippen molar-refractivity contribution in [3.05, 3.63) is 59.4 Å². The number of aryl methyl sites for hydroxylation is 1. The Morgan fingerprint density at radius 2 is 1.92 bits per heavy atom. The van der Waals surface area contributed by atoms with Gasteiger partial charge in [0, 0.05) is 17.2 Å². The quantitative estimate of drug-likeness (QED) is 0.657. The fourth-order valence-corrected chi connectivity index (χ4v) is 2.90. The van der Waals surface area contributed by atoms with Crippen molar-refractivity contribution in [2.45, 2.75) is 20.8 Å². The van der Waals surface area contributed by atoms with Crippen LogP contribution >= 0.6 is 0 Å². The van der Waals surface area contributed by atoms with Crippen molar-refractivity contribution in [1.82, 2.24) is 14.6 Å². The Bertz CT molecular complexity index is 1020. The normalized spacial score (nSPS) is 11.0. The van der Waals surface area contributed by atoms with Crippen LogP contribution in [0.25, 0.3) is 22.5 Å². The Labute approximate surface area is 148 Å². The van der Waals surface area contributed by atoms with E-state index in [-0.39, 0.29) is 12.2 Å². The number of benzene rings is 1. The van der Waals surface area contributed by atoms with E-state index in [1.807, 2.05) is 0 Å². The van der Waals surface area contributed by atoms with Gasteiger partial charge in [0.15, 0.2) is 5.65 Å². The molecular weight excluding hydrogens is 340 g/mol. The lowest BCUT2D eigenvalue weighted by molar-refractivity contribution is 0.0525. The first kappa shape index (κ1) is 17.7. The molecule has 2 aromatic heterocycles. The fourth-order valence-electron chi connectivity index (χ4n) is 2.90. The number of aromatic nitrogens is 3. The number of hydrogen-bond acceptors (Lipinski definition) is 4. The molecule has 0 amide bonds. The molecular formula is C19H17F2N3O2. The molecule has 0 saturated heterocycles. The predicted molar refractivity (Wildman–Crippen MR) is 93.7 cm³/mol. The Balaban J connectivity index is 2.32. The van der Waals surface area contributed by atoms with Crippen LogP contribution in [0.3, 0.4) is 0 Å². The molecule has 0 unspecified atom stereocenters. The molecule has 134 valence electrons. The fraction of sp³-hybridized carbons (Fsp3) is 0.211. The highest BCUT2D eigenvalue weighted by Gasteiger charge is 2.22. The maximum absolute atomic E-state index is 13.6. The van der Waals surface area contributed by atoms with Crippen molar-refractivity contribution in [3.63, 3.8) is 0 Å². The van der Waals surface area contributed by atoms with Gasteiger partial charge in [-0.1, -0.05) is 6.58 Å². The van der Waals surface area contributed by atoms with Crippen molar-refractivity contribution in [1.29, 1.82) is 0 Å². The summed E-state index contributed by atoms with van der Waals surface area (Å²) in [6.07, 6.45) is 1.36. The third kappa shape index (κ3) is 2.96. The zero-order chi connectivity index (χ0) is 19.0. The highest BCUT2D eigenvalue weighted by Crippen LogP contribution is 2.30. The van der Waals surface area contributed by atoms with E-state index in [0.717, 1.165) is 6.07 Å². The second kappa shape index (κ2) is 6.67. The summed E-state index contributed by atoms with van der Waals surface area (Å²) < 4.78 is 33.8. The molecule has 0 bridgehead atoms. The largest absolute Gasteiger partial charge is 0.462 e. The van der Waals surface area contributed by atoms with Gasteiger partial charge in [-0.25, -0.2) is 23.1 Å². The van der Waals surface area contributed by atoms with Crippen LogP contribution < -0.4 is 0 Å². The summed E-state index contributed by atoms with van der Waals surface area (Å²) in [6, 6.07) is 3.22. The van der Waals surface area contributed by atoms with E-state index in [0.29, 0.717) is 33.7 Å². The second-order valence-corrected chi connectivity index (χ2v) is 5.87. The summed E-state index contributed by atoms with van der Waals surface area (Å²) in [5.41, 5.74) is 2.97. The number of fused-ring (bicyclic) bond motifs is 1. The molecule has 0 aliphatic heterocycles. The van der Waals surface area contributed by atoms with Crippen LogP contribution in [0, 0.1) is 18.6 Å². The van der Waals surface area contributed by atoms with Gasteiger partial charge in [-0.05, 0) is 38.5 Å². The average molecular weight is 357 g/mol. The standard InChI is InChI=1S/C19H17F2N3O2/c1-5-26-19(25)15-9-22-24-17(12-6-13(20)8-14(21)7-12)11(4)23-18(24)16(15)10(2)3/h6-9H,2,5H2,1,3-4H3. The summed E-state index contributed by atoms with van der Waals surface area (Å²) in [5, 5.41) is 4.25. The molecule has 0 aliphatic carbocycles. The number of carbonyl (C=O) groups excluding carboxylic acids is 1. The number of nitrogens with zero attached hydrogens (tertiary/aromatic N) is 3. The number of halogens is 2. The Morgan fingerprint density at radius 1 is 1.27 bits per heavy atom. The predicted octanol–water partition coefficient (Wildman–Crippen LogP) is 4.19. The minimum atomic E-state index is -0.697. The van der Waals surface area contributed by atoms with Gasteiger partial charge in [-0.15, -0.1) is 0 Å². The van der Waals surface area contributed by atoms with Crippen LogP contribution in [0.4, 0.5) is 8.78 Å². The van der Waals surface area contributed by atoms with Gasteiger partial charge in [-0.2, -0.15) is 5.10 Å². The SMILES string of the molecule is C=C(C)c1c(C(=O)OCC)cnn2c(-c3cc(F)cc(F)c3)c(C)nc12. The molecule has 0 spiro atoms. The lowest BCUT2D eigenvalue weighted by Crippen LogP contribution is -2.11. The van der Waals surface area contributed by atoms with Gasteiger partial charge in [0.2, 0.25) is 0 Å².